The van der Waals surface area contributed by atoms with Gasteiger partial charge in [-0.3, -0.25) is 4.57 Å². The van der Waals surface area contributed by atoms with E-state index >= 15 is 0 Å². The lowest BCUT2D eigenvalue weighted by molar-refractivity contribution is 0.195. The number of benzene rings is 1. The molecule has 1 atom stereocenters. The van der Waals surface area contributed by atoms with Gasteiger partial charge >= 0.3 is 5.69 Å². The molecule has 2 N–H and O–H groups in total. The van der Waals surface area contributed by atoms with Crippen LogP contribution in [-0.2, 0) is 6.42 Å². The van der Waals surface area contributed by atoms with Crippen LogP contribution >= 0.6 is 0 Å². The molecule has 0 fully saturated rings. The van der Waals surface area contributed by atoms with E-state index in [1.165, 1.54) is 4.57 Å². The van der Waals surface area contributed by atoms with Crippen LogP contribution in [0.25, 0.3) is 5.69 Å². The van der Waals surface area contributed by atoms with Gasteiger partial charge in [0.15, 0.2) is 0 Å². The molecule has 4 nitrogen and oxygen atoms in total. The summed E-state index contributed by atoms with van der Waals surface area (Å²) in [7, 11) is 0. The maximum absolute atomic E-state index is 11.4. The Bertz CT molecular complexity index is 526. The first-order valence-electron chi connectivity index (χ1n) is 5.20. The molecule has 4 heteroatoms. The minimum Gasteiger partial charge on any atom is -0.393 e. The highest BCUT2D eigenvalue weighted by Gasteiger charge is 2.03. The molecule has 0 bridgehead atoms. The summed E-state index contributed by atoms with van der Waals surface area (Å²) < 4.78 is 1.53. The maximum atomic E-state index is 11.4. The smallest absolute Gasteiger partial charge is 0.330 e. The summed E-state index contributed by atoms with van der Waals surface area (Å²) in [6, 6.07) is 7.59. The monoisotopic (exact) mass is 218 g/mol. The van der Waals surface area contributed by atoms with Crippen molar-refractivity contribution in [3.05, 3.63) is 52.7 Å². The predicted molar refractivity (Wildman–Crippen MR) is 61.8 cm³/mol. The number of aliphatic hydroxyl groups is 1. The Kier molecular flexibility index (Phi) is 2.92. The van der Waals surface area contributed by atoms with Crippen molar-refractivity contribution in [1.29, 1.82) is 0 Å². The zero-order valence-electron chi connectivity index (χ0n) is 9.05. The normalized spacial score (nSPS) is 12.6. The number of H-pyrrole nitrogens is 1. The maximum Gasteiger partial charge on any atom is 0.330 e. The van der Waals surface area contributed by atoms with Gasteiger partial charge in [0, 0.05) is 12.4 Å². The Morgan fingerprint density at radius 2 is 2.31 bits per heavy atom. The van der Waals surface area contributed by atoms with Crippen LogP contribution in [-0.4, -0.2) is 20.8 Å². The summed E-state index contributed by atoms with van der Waals surface area (Å²) >= 11 is 0. The molecule has 0 saturated heterocycles. The van der Waals surface area contributed by atoms with E-state index in [4.69, 9.17) is 0 Å². The van der Waals surface area contributed by atoms with Crippen molar-refractivity contribution in [2.45, 2.75) is 19.4 Å². The predicted octanol–water partition coefficient (Wildman–Crippen LogP) is 1.09. The number of rotatable bonds is 3. The van der Waals surface area contributed by atoms with E-state index in [1.54, 1.807) is 19.3 Å². The number of aromatic amines is 1. The van der Waals surface area contributed by atoms with Crippen LogP contribution in [0.3, 0.4) is 0 Å². The number of nitrogens with one attached hydrogen (secondary N) is 1. The minimum atomic E-state index is -0.377. The highest BCUT2D eigenvalue weighted by molar-refractivity contribution is 5.36. The Labute approximate surface area is 93.2 Å². The average molecular weight is 218 g/mol. The lowest BCUT2D eigenvalue weighted by Crippen LogP contribution is -2.14. The van der Waals surface area contributed by atoms with Crippen molar-refractivity contribution < 1.29 is 5.11 Å². The van der Waals surface area contributed by atoms with Gasteiger partial charge in [-0.2, -0.15) is 0 Å². The molecule has 16 heavy (non-hydrogen) atoms. The van der Waals surface area contributed by atoms with Gasteiger partial charge in [0.2, 0.25) is 0 Å². The molecule has 84 valence electrons. The Balaban J connectivity index is 2.36. The molecule has 1 aromatic heterocycles. The SMILES string of the molecule is CC(O)Cc1cccc(-n2cc[nH]c2=O)c1. The first-order chi connectivity index (χ1) is 7.66. The van der Waals surface area contributed by atoms with Crippen molar-refractivity contribution >= 4 is 0 Å². The highest BCUT2D eigenvalue weighted by Crippen LogP contribution is 2.10. The fraction of sp³-hybridized carbons (Fsp3) is 0.250. The van der Waals surface area contributed by atoms with Crippen LogP contribution in [0.4, 0.5) is 0 Å². The van der Waals surface area contributed by atoms with E-state index in [0.717, 1.165) is 11.3 Å². The Morgan fingerprint density at radius 3 is 2.94 bits per heavy atom. The number of hydrogen-bond donors (Lipinski definition) is 2. The molecule has 2 rings (SSSR count). The van der Waals surface area contributed by atoms with Gasteiger partial charge in [-0.1, -0.05) is 12.1 Å². The van der Waals surface area contributed by atoms with Gasteiger partial charge < -0.3 is 10.1 Å². The van der Waals surface area contributed by atoms with E-state index in [2.05, 4.69) is 4.98 Å². The second kappa shape index (κ2) is 4.37. The van der Waals surface area contributed by atoms with Crippen molar-refractivity contribution in [3.8, 4) is 5.69 Å². The van der Waals surface area contributed by atoms with E-state index in [0.29, 0.717) is 6.42 Å². The Hall–Kier alpha value is -1.81. The van der Waals surface area contributed by atoms with E-state index in [-0.39, 0.29) is 11.8 Å². The number of imidazole rings is 1. The highest BCUT2D eigenvalue weighted by atomic mass is 16.3. The van der Waals surface area contributed by atoms with Crippen LogP contribution in [0.1, 0.15) is 12.5 Å². The van der Waals surface area contributed by atoms with Gasteiger partial charge in [0.05, 0.1) is 11.8 Å². The second-order valence-corrected chi connectivity index (χ2v) is 3.86. The van der Waals surface area contributed by atoms with Crippen molar-refractivity contribution in [2.24, 2.45) is 0 Å². The first kappa shape index (κ1) is 10.7. The topological polar surface area (TPSA) is 58.0 Å². The molecule has 0 saturated carbocycles. The summed E-state index contributed by atoms with van der Waals surface area (Å²) in [5.41, 5.74) is 1.67. The lowest BCUT2D eigenvalue weighted by Gasteiger charge is -2.07. The summed E-state index contributed by atoms with van der Waals surface area (Å²) in [5.74, 6) is 0. The molecule has 1 aromatic carbocycles. The standard InChI is InChI=1S/C12H14N2O2/c1-9(15)7-10-3-2-4-11(8-10)14-6-5-13-12(14)16/h2-6,8-9,15H,7H2,1H3,(H,13,16). The summed E-state index contributed by atoms with van der Waals surface area (Å²) in [6.45, 7) is 1.75. The van der Waals surface area contributed by atoms with E-state index in [9.17, 15) is 9.90 Å². The van der Waals surface area contributed by atoms with Crippen LogP contribution in [0.2, 0.25) is 0 Å². The van der Waals surface area contributed by atoms with Crippen molar-refractivity contribution in [2.75, 3.05) is 0 Å². The number of aliphatic hydroxyl groups excluding tert-OH is 1. The molecule has 0 aliphatic heterocycles. The van der Waals surface area contributed by atoms with Crippen LogP contribution in [0.15, 0.2) is 41.5 Å². The molecule has 1 heterocycles. The van der Waals surface area contributed by atoms with Gasteiger partial charge in [-0.25, -0.2) is 4.79 Å². The zero-order chi connectivity index (χ0) is 11.5. The Morgan fingerprint density at radius 1 is 1.50 bits per heavy atom. The second-order valence-electron chi connectivity index (χ2n) is 3.86. The molecule has 1 unspecified atom stereocenters. The summed E-state index contributed by atoms with van der Waals surface area (Å²) in [4.78, 5) is 14.0. The van der Waals surface area contributed by atoms with Crippen molar-refractivity contribution in [1.82, 2.24) is 9.55 Å². The van der Waals surface area contributed by atoms with Gasteiger partial charge in [0.1, 0.15) is 0 Å². The molecule has 0 aliphatic carbocycles. The first-order valence-corrected chi connectivity index (χ1v) is 5.20. The van der Waals surface area contributed by atoms with Gasteiger partial charge in [0.25, 0.3) is 0 Å². The number of aromatic nitrogens is 2. The number of hydrogen-bond acceptors (Lipinski definition) is 2. The fourth-order valence-electron chi connectivity index (χ4n) is 1.70. The fourth-order valence-corrected chi connectivity index (χ4v) is 1.70. The van der Waals surface area contributed by atoms with E-state index < -0.39 is 0 Å². The van der Waals surface area contributed by atoms with Gasteiger partial charge in [-0.15, -0.1) is 0 Å². The third-order valence-electron chi connectivity index (χ3n) is 2.37. The molecule has 0 radical (unpaired) electrons. The molecule has 0 spiro atoms. The van der Waals surface area contributed by atoms with Crippen LogP contribution in [0, 0.1) is 0 Å². The van der Waals surface area contributed by atoms with Crippen molar-refractivity contribution in [3.63, 3.8) is 0 Å². The molecule has 2 aromatic rings. The molecular weight excluding hydrogens is 204 g/mol. The minimum absolute atomic E-state index is 0.158. The number of nitrogens with zero attached hydrogens (tertiary/aromatic N) is 1. The summed E-state index contributed by atoms with van der Waals surface area (Å²) in [5, 5.41) is 9.31. The summed E-state index contributed by atoms with van der Waals surface area (Å²) in [6.07, 6.45) is 3.50. The third kappa shape index (κ3) is 2.23. The van der Waals surface area contributed by atoms with E-state index in [1.807, 2.05) is 24.3 Å². The van der Waals surface area contributed by atoms with Gasteiger partial charge in [-0.05, 0) is 31.0 Å². The van der Waals surface area contributed by atoms with Crippen LogP contribution in [0.5, 0.6) is 0 Å². The molecule has 0 aliphatic rings. The quantitative estimate of drug-likeness (QED) is 0.810. The average Bonchev–Trinajstić information content (AvgIpc) is 2.64. The zero-order valence-corrected chi connectivity index (χ0v) is 9.05. The molecular formula is C12H14N2O2. The third-order valence-corrected chi connectivity index (χ3v) is 2.37. The molecule has 0 amide bonds. The lowest BCUT2D eigenvalue weighted by atomic mass is 10.1. The largest absolute Gasteiger partial charge is 0.393 e. The van der Waals surface area contributed by atoms with Crippen LogP contribution < -0.4 is 5.69 Å².